The van der Waals surface area contributed by atoms with Crippen molar-refractivity contribution in [2.45, 2.75) is 6.92 Å². The number of para-hydroxylation sites is 1. The molecule has 16 heavy (non-hydrogen) atoms. The molecule has 0 saturated heterocycles. The van der Waals surface area contributed by atoms with Crippen molar-refractivity contribution < 1.29 is 9.84 Å². The zero-order valence-electron chi connectivity index (χ0n) is 9.53. The molecule has 1 aromatic carbocycles. The van der Waals surface area contributed by atoms with Gasteiger partial charge in [0.25, 0.3) is 0 Å². The topological polar surface area (TPSA) is 65.3 Å². The molecule has 4 nitrogen and oxygen atoms in total. The van der Waals surface area contributed by atoms with Gasteiger partial charge in [-0.2, -0.15) is 5.26 Å². The lowest BCUT2D eigenvalue weighted by Gasteiger charge is -2.14. The number of anilines is 1. The third-order valence-electron chi connectivity index (χ3n) is 2.31. The molecule has 0 fully saturated rings. The van der Waals surface area contributed by atoms with E-state index in [1.807, 2.05) is 6.92 Å². The van der Waals surface area contributed by atoms with E-state index in [1.54, 1.807) is 25.3 Å². The summed E-state index contributed by atoms with van der Waals surface area (Å²) in [6.45, 7) is 2.64. The molecule has 0 aliphatic heterocycles. The largest absolute Gasteiger partial charge is 0.495 e. The number of nitriles is 1. The van der Waals surface area contributed by atoms with Gasteiger partial charge in [-0.05, 0) is 18.1 Å². The van der Waals surface area contributed by atoms with Gasteiger partial charge < -0.3 is 15.2 Å². The number of benzene rings is 1. The lowest BCUT2D eigenvalue weighted by molar-refractivity contribution is 0.244. The summed E-state index contributed by atoms with van der Waals surface area (Å²) in [7, 11) is 1.57. The van der Waals surface area contributed by atoms with Crippen molar-refractivity contribution in [3.63, 3.8) is 0 Å². The zero-order chi connectivity index (χ0) is 12.0. The molecule has 1 unspecified atom stereocenters. The third-order valence-corrected chi connectivity index (χ3v) is 2.31. The van der Waals surface area contributed by atoms with Gasteiger partial charge >= 0.3 is 0 Å². The Morgan fingerprint density at radius 1 is 1.56 bits per heavy atom. The van der Waals surface area contributed by atoms with Crippen LogP contribution in [0.4, 0.5) is 5.69 Å². The Kier molecular flexibility index (Phi) is 4.62. The van der Waals surface area contributed by atoms with Gasteiger partial charge in [-0.1, -0.05) is 13.0 Å². The Labute approximate surface area is 95.5 Å². The Bertz CT molecular complexity index is 385. The summed E-state index contributed by atoms with van der Waals surface area (Å²) in [5, 5.41) is 21.0. The normalized spacial score (nSPS) is 11.6. The van der Waals surface area contributed by atoms with E-state index < -0.39 is 0 Å². The van der Waals surface area contributed by atoms with Crippen LogP contribution in [0.5, 0.6) is 5.75 Å². The minimum absolute atomic E-state index is 0.115. The second-order valence-corrected chi connectivity index (χ2v) is 3.66. The SMILES string of the molecule is COc1cccc(C#N)c1NCC(C)CO. The van der Waals surface area contributed by atoms with Crippen LogP contribution in [-0.4, -0.2) is 25.4 Å². The third kappa shape index (κ3) is 2.88. The second-order valence-electron chi connectivity index (χ2n) is 3.66. The monoisotopic (exact) mass is 220 g/mol. The molecule has 1 atom stereocenters. The molecule has 1 aromatic rings. The van der Waals surface area contributed by atoms with Crippen molar-refractivity contribution >= 4 is 5.69 Å². The first-order chi connectivity index (χ1) is 7.72. The molecule has 0 heterocycles. The molecule has 0 spiro atoms. The summed E-state index contributed by atoms with van der Waals surface area (Å²) in [5.41, 5.74) is 1.23. The number of ether oxygens (including phenoxy) is 1. The molecule has 0 bridgehead atoms. The van der Waals surface area contributed by atoms with Gasteiger partial charge in [-0.15, -0.1) is 0 Å². The number of hydrogen-bond donors (Lipinski definition) is 2. The predicted octanol–water partition coefficient (Wildman–Crippen LogP) is 1.61. The van der Waals surface area contributed by atoms with E-state index in [1.165, 1.54) is 0 Å². The number of aliphatic hydroxyl groups is 1. The van der Waals surface area contributed by atoms with Crippen molar-refractivity contribution in [1.29, 1.82) is 5.26 Å². The molecule has 0 aromatic heterocycles. The van der Waals surface area contributed by atoms with Crippen LogP contribution in [0.15, 0.2) is 18.2 Å². The summed E-state index contributed by atoms with van der Waals surface area (Å²) in [6, 6.07) is 7.41. The van der Waals surface area contributed by atoms with Gasteiger partial charge in [0, 0.05) is 13.2 Å². The molecule has 0 aliphatic carbocycles. The van der Waals surface area contributed by atoms with E-state index in [4.69, 9.17) is 15.1 Å². The average molecular weight is 220 g/mol. The van der Waals surface area contributed by atoms with Crippen LogP contribution in [0.25, 0.3) is 0 Å². The van der Waals surface area contributed by atoms with E-state index in [2.05, 4.69) is 11.4 Å². The number of aliphatic hydroxyl groups excluding tert-OH is 1. The predicted molar refractivity (Wildman–Crippen MR) is 62.4 cm³/mol. The van der Waals surface area contributed by atoms with Crippen LogP contribution in [0, 0.1) is 17.2 Å². The lowest BCUT2D eigenvalue weighted by atomic mass is 10.1. The molecule has 4 heteroatoms. The molecule has 86 valence electrons. The number of nitrogens with zero attached hydrogens (tertiary/aromatic N) is 1. The first-order valence-electron chi connectivity index (χ1n) is 5.14. The van der Waals surface area contributed by atoms with Gasteiger partial charge in [0.1, 0.15) is 11.8 Å². The summed E-state index contributed by atoms with van der Waals surface area (Å²) >= 11 is 0. The fourth-order valence-corrected chi connectivity index (χ4v) is 1.32. The maximum atomic E-state index is 8.97. The molecule has 0 aliphatic rings. The molecular weight excluding hydrogens is 204 g/mol. The Morgan fingerprint density at radius 2 is 2.31 bits per heavy atom. The van der Waals surface area contributed by atoms with E-state index in [9.17, 15) is 0 Å². The van der Waals surface area contributed by atoms with Crippen LogP contribution < -0.4 is 10.1 Å². The number of hydrogen-bond acceptors (Lipinski definition) is 4. The molecule has 1 rings (SSSR count). The van der Waals surface area contributed by atoms with E-state index in [-0.39, 0.29) is 12.5 Å². The molecule has 2 N–H and O–H groups in total. The fourth-order valence-electron chi connectivity index (χ4n) is 1.32. The van der Waals surface area contributed by atoms with E-state index in [0.717, 1.165) is 0 Å². The van der Waals surface area contributed by atoms with Gasteiger partial charge in [-0.3, -0.25) is 0 Å². The average Bonchev–Trinajstić information content (AvgIpc) is 2.35. The van der Waals surface area contributed by atoms with Gasteiger partial charge in [0.05, 0.1) is 18.4 Å². The number of methoxy groups -OCH3 is 1. The van der Waals surface area contributed by atoms with Crippen molar-refractivity contribution in [3.8, 4) is 11.8 Å². The maximum Gasteiger partial charge on any atom is 0.143 e. The first kappa shape index (κ1) is 12.3. The van der Waals surface area contributed by atoms with Crippen molar-refractivity contribution in [2.75, 3.05) is 25.6 Å². The van der Waals surface area contributed by atoms with Crippen molar-refractivity contribution in [3.05, 3.63) is 23.8 Å². The fraction of sp³-hybridized carbons (Fsp3) is 0.417. The Morgan fingerprint density at radius 3 is 2.88 bits per heavy atom. The highest BCUT2D eigenvalue weighted by Gasteiger charge is 2.09. The van der Waals surface area contributed by atoms with Gasteiger partial charge in [0.15, 0.2) is 0 Å². The zero-order valence-corrected chi connectivity index (χ0v) is 9.53. The maximum absolute atomic E-state index is 8.97. The number of rotatable bonds is 5. The summed E-state index contributed by atoms with van der Waals surface area (Å²) < 4.78 is 5.18. The Hall–Kier alpha value is -1.73. The molecule has 0 amide bonds. The molecule has 0 radical (unpaired) electrons. The van der Waals surface area contributed by atoms with E-state index >= 15 is 0 Å². The summed E-state index contributed by atoms with van der Waals surface area (Å²) in [6.07, 6.45) is 0. The summed E-state index contributed by atoms with van der Waals surface area (Å²) in [4.78, 5) is 0. The highest BCUT2D eigenvalue weighted by Crippen LogP contribution is 2.27. The van der Waals surface area contributed by atoms with Gasteiger partial charge in [0.2, 0.25) is 0 Å². The smallest absolute Gasteiger partial charge is 0.143 e. The van der Waals surface area contributed by atoms with Crippen LogP contribution in [-0.2, 0) is 0 Å². The highest BCUT2D eigenvalue weighted by molar-refractivity contribution is 5.66. The van der Waals surface area contributed by atoms with Crippen molar-refractivity contribution in [1.82, 2.24) is 0 Å². The van der Waals surface area contributed by atoms with Crippen LogP contribution in [0.3, 0.4) is 0 Å². The van der Waals surface area contributed by atoms with Crippen LogP contribution in [0.1, 0.15) is 12.5 Å². The highest BCUT2D eigenvalue weighted by atomic mass is 16.5. The first-order valence-corrected chi connectivity index (χ1v) is 5.14. The van der Waals surface area contributed by atoms with Gasteiger partial charge in [-0.25, -0.2) is 0 Å². The van der Waals surface area contributed by atoms with Crippen LogP contribution >= 0.6 is 0 Å². The lowest BCUT2D eigenvalue weighted by Crippen LogP contribution is -2.15. The standard InChI is InChI=1S/C12H16N2O2/c1-9(8-15)7-14-12-10(6-13)4-3-5-11(12)16-2/h3-5,9,14-15H,7-8H2,1-2H3. The molecular formula is C12H16N2O2. The quantitative estimate of drug-likeness (QED) is 0.791. The second kappa shape index (κ2) is 5.99. The summed E-state index contributed by atoms with van der Waals surface area (Å²) in [5.74, 6) is 0.778. The van der Waals surface area contributed by atoms with E-state index in [0.29, 0.717) is 23.5 Å². The minimum atomic E-state index is 0.115. The minimum Gasteiger partial charge on any atom is -0.495 e. The van der Waals surface area contributed by atoms with Crippen molar-refractivity contribution in [2.24, 2.45) is 5.92 Å². The molecule has 0 saturated carbocycles. The Balaban J connectivity index is 2.88. The van der Waals surface area contributed by atoms with Crippen LogP contribution in [0.2, 0.25) is 0 Å². The number of nitrogens with one attached hydrogen (secondary N) is 1.